The second-order valence-electron chi connectivity index (χ2n) is 7.14. The summed E-state index contributed by atoms with van der Waals surface area (Å²) in [6, 6.07) is 10.2. The predicted molar refractivity (Wildman–Crippen MR) is 106 cm³/mol. The second kappa shape index (κ2) is 7.98. The fourth-order valence-corrected chi connectivity index (χ4v) is 3.58. The van der Waals surface area contributed by atoms with Gasteiger partial charge in [0.05, 0.1) is 18.8 Å². The maximum Gasteiger partial charge on any atom is 0.274 e. The van der Waals surface area contributed by atoms with Crippen molar-refractivity contribution in [1.29, 1.82) is 0 Å². The van der Waals surface area contributed by atoms with Gasteiger partial charge in [0, 0.05) is 49.6 Å². The fourth-order valence-electron chi connectivity index (χ4n) is 3.58. The number of amides is 1. The molecule has 2 aromatic heterocycles. The molecule has 146 valence electrons. The van der Waals surface area contributed by atoms with E-state index in [1.807, 2.05) is 11.1 Å². The first-order valence-corrected chi connectivity index (χ1v) is 9.60. The van der Waals surface area contributed by atoms with Crippen molar-refractivity contribution in [3.8, 4) is 11.3 Å². The molecule has 0 unspecified atom stereocenters. The predicted octanol–water partition coefficient (Wildman–Crippen LogP) is 2.47. The molecule has 3 aromatic rings. The Bertz CT molecular complexity index is 958. The van der Waals surface area contributed by atoms with Crippen molar-refractivity contribution in [1.82, 2.24) is 24.9 Å². The number of methoxy groups -OCH3 is 1. The first kappa shape index (κ1) is 18.4. The number of aromatic nitrogens is 4. The molecule has 0 saturated heterocycles. The number of carbonyl (C=O) groups is 1. The summed E-state index contributed by atoms with van der Waals surface area (Å²) in [6.07, 6.45) is 3.38. The van der Waals surface area contributed by atoms with Crippen molar-refractivity contribution >= 4 is 5.91 Å². The van der Waals surface area contributed by atoms with E-state index in [0.29, 0.717) is 31.9 Å². The third-order valence-corrected chi connectivity index (χ3v) is 5.21. The average molecular weight is 379 g/mol. The van der Waals surface area contributed by atoms with Gasteiger partial charge in [0.2, 0.25) is 0 Å². The fraction of sp³-hybridized carbons (Fsp3) is 0.381. The zero-order chi connectivity index (χ0) is 19.5. The Morgan fingerprint density at radius 3 is 2.75 bits per heavy atom. The number of hydrogen-bond donors (Lipinski definition) is 1. The number of benzene rings is 1. The largest absolute Gasteiger partial charge is 0.383 e. The summed E-state index contributed by atoms with van der Waals surface area (Å²) < 4.78 is 6.81. The molecule has 1 aliphatic heterocycles. The number of nitrogens with zero attached hydrogens (tertiary/aromatic N) is 4. The zero-order valence-electron chi connectivity index (χ0n) is 16.3. The highest BCUT2D eigenvalue weighted by Gasteiger charge is 2.24. The average Bonchev–Trinajstić information content (AvgIpc) is 3.29. The van der Waals surface area contributed by atoms with Crippen LogP contribution < -0.4 is 0 Å². The molecule has 0 radical (unpaired) electrons. The summed E-state index contributed by atoms with van der Waals surface area (Å²) in [6.45, 7) is 4.61. The molecule has 0 saturated carbocycles. The Balaban J connectivity index is 1.48. The van der Waals surface area contributed by atoms with E-state index in [1.165, 1.54) is 11.1 Å². The quantitative estimate of drug-likeness (QED) is 0.739. The lowest BCUT2D eigenvalue weighted by atomic mass is 10.0. The van der Waals surface area contributed by atoms with E-state index >= 15 is 0 Å². The maximum absolute atomic E-state index is 12.9. The molecule has 3 heterocycles. The van der Waals surface area contributed by atoms with E-state index in [9.17, 15) is 4.79 Å². The lowest BCUT2D eigenvalue weighted by molar-refractivity contribution is 0.0755. The van der Waals surface area contributed by atoms with Crippen molar-refractivity contribution < 1.29 is 9.53 Å². The number of fused-ring (bicyclic) bond motifs is 1. The number of aromatic amines is 1. The van der Waals surface area contributed by atoms with Gasteiger partial charge in [-0.1, -0.05) is 29.8 Å². The van der Waals surface area contributed by atoms with Crippen molar-refractivity contribution in [2.45, 2.75) is 26.3 Å². The SMILES string of the molecule is COCCn1ccc(C(=O)N2CCc3[nH]nc(-c4ccc(C)cc4)c3CC2)n1. The molecular weight excluding hydrogens is 354 g/mol. The lowest BCUT2D eigenvalue weighted by Gasteiger charge is -2.19. The van der Waals surface area contributed by atoms with Crippen LogP contribution in [0.4, 0.5) is 0 Å². The molecule has 7 heteroatoms. The molecule has 1 N–H and O–H groups in total. The molecule has 7 nitrogen and oxygen atoms in total. The summed E-state index contributed by atoms with van der Waals surface area (Å²) in [7, 11) is 1.65. The Kier molecular flexibility index (Phi) is 5.25. The van der Waals surface area contributed by atoms with E-state index in [0.717, 1.165) is 29.8 Å². The number of aryl methyl sites for hydroxylation is 1. The van der Waals surface area contributed by atoms with Gasteiger partial charge < -0.3 is 9.64 Å². The topological polar surface area (TPSA) is 76.0 Å². The minimum absolute atomic E-state index is 0.0221. The van der Waals surface area contributed by atoms with Gasteiger partial charge in [-0.15, -0.1) is 0 Å². The van der Waals surface area contributed by atoms with Crippen molar-refractivity contribution in [2.75, 3.05) is 26.8 Å². The Hall–Kier alpha value is -2.93. The van der Waals surface area contributed by atoms with E-state index in [-0.39, 0.29) is 5.91 Å². The lowest BCUT2D eigenvalue weighted by Crippen LogP contribution is -2.33. The molecule has 0 bridgehead atoms. The van der Waals surface area contributed by atoms with Gasteiger partial charge >= 0.3 is 0 Å². The van der Waals surface area contributed by atoms with Gasteiger partial charge in [-0.2, -0.15) is 10.2 Å². The van der Waals surface area contributed by atoms with Gasteiger partial charge in [-0.3, -0.25) is 14.6 Å². The van der Waals surface area contributed by atoms with Gasteiger partial charge in [-0.25, -0.2) is 0 Å². The molecule has 1 aromatic carbocycles. The number of ether oxygens (including phenoxy) is 1. The molecule has 0 fully saturated rings. The van der Waals surface area contributed by atoms with Crippen molar-refractivity contribution in [2.24, 2.45) is 0 Å². The molecule has 1 aliphatic rings. The molecule has 1 amide bonds. The van der Waals surface area contributed by atoms with E-state index in [1.54, 1.807) is 17.9 Å². The highest BCUT2D eigenvalue weighted by Crippen LogP contribution is 2.27. The number of H-pyrrole nitrogens is 1. The zero-order valence-corrected chi connectivity index (χ0v) is 16.3. The monoisotopic (exact) mass is 379 g/mol. The third kappa shape index (κ3) is 3.71. The molecule has 0 spiro atoms. The minimum Gasteiger partial charge on any atom is -0.383 e. The van der Waals surface area contributed by atoms with Crippen LogP contribution in [0.5, 0.6) is 0 Å². The Labute approximate surface area is 164 Å². The summed E-state index contributed by atoms with van der Waals surface area (Å²) in [5.41, 5.74) is 6.15. The number of hydrogen-bond acceptors (Lipinski definition) is 4. The van der Waals surface area contributed by atoms with Gasteiger partial charge in [-0.05, 0) is 19.4 Å². The van der Waals surface area contributed by atoms with Crippen LogP contribution in [0.15, 0.2) is 36.5 Å². The van der Waals surface area contributed by atoms with Crippen LogP contribution in [0.2, 0.25) is 0 Å². The van der Waals surface area contributed by atoms with Crippen LogP contribution in [-0.2, 0) is 24.1 Å². The second-order valence-corrected chi connectivity index (χ2v) is 7.14. The van der Waals surface area contributed by atoms with Crippen LogP contribution in [-0.4, -0.2) is 57.6 Å². The Morgan fingerprint density at radius 1 is 1.18 bits per heavy atom. The van der Waals surface area contributed by atoms with Crippen LogP contribution in [0.1, 0.15) is 27.3 Å². The number of nitrogens with one attached hydrogen (secondary N) is 1. The van der Waals surface area contributed by atoms with Crippen molar-refractivity contribution in [3.05, 3.63) is 59.0 Å². The Morgan fingerprint density at radius 2 is 1.96 bits per heavy atom. The normalized spacial score (nSPS) is 14.0. The first-order valence-electron chi connectivity index (χ1n) is 9.60. The van der Waals surface area contributed by atoms with Gasteiger partial charge in [0.1, 0.15) is 5.69 Å². The van der Waals surface area contributed by atoms with Gasteiger partial charge in [0.15, 0.2) is 0 Å². The van der Waals surface area contributed by atoms with Crippen molar-refractivity contribution in [3.63, 3.8) is 0 Å². The molecule has 0 atom stereocenters. The highest BCUT2D eigenvalue weighted by molar-refractivity contribution is 5.92. The maximum atomic E-state index is 12.9. The smallest absolute Gasteiger partial charge is 0.274 e. The van der Waals surface area contributed by atoms with Crippen LogP contribution in [0.3, 0.4) is 0 Å². The summed E-state index contributed by atoms with van der Waals surface area (Å²) in [4.78, 5) is 14.8. The molecule has 0 aliphatic carbocycles. The highest BCUT2D eigenvalue weighted by atomic mass is 16.5. The summed E-state index contributed by atoms with van der Waals surface area (Å²) >= 11 is 0. The van der Waals surface area contributed by atoms with Crippen LogP contribution in [0, 0.1) is 6.92 Å². The number of rotatable bonds is 5. The number of carbonyl (C=O) groups excluding carboxylic acids is 1. The summed E-state index contributed by atoms with van der Waals surface area (Å²) in [5.74, 6) is -0.0221. The molecular formula is C21H25N5O2. The van der Waals surface area contributed by atoms with E-state index in [4.69, 9.17) is 4.74 Å². The minimum atomic E-state index is -0.0221. The van der Waals surface area contributed by atoms with Gasteiger partial charge in [0.25, 0.3) is 5.91 Å². The van der Waals surface area contributed by atoms with E-state index < -0.39 is 0 Å². The van der Waals surface area contributed by atoms with Crippen LogP contribution >= 0.6 is 0 Å². The van der Waals surface area contributed by atoms with Crippen LogP contribution in [0.25, 0.3) is 11.3 Å². The first-order chi connectivity index (χ1) is 13.7. The van der Waals surface area contributed by atoms with E-state index in [2.05, 4.69) is 46.5 Å². The third-order valence-electron chi connectivity index (χ3n) is 5.21. The summed E-state index contributed by atoms with van der Waals surface area (Å²) in [5, 5.41) is 12.1. The standard InChI is InChI=1S/C21H25N5O2/c1-15-3-5-16(6-4-15)20-17-7-10-25(11-8-18(17)22-23-20)21(27)19-9-12-26(24-19)13-14-28-2/h3-6,9,12H,7-8,10-11,13-14H2,1-2H3,(H,22,23). The molecule has 4 rings (SSSR count). The molecule has 28 heavy (non-hydrogen) atoms.